The third-order valence-corrected chi connectivity index (χ3v) is 2.07. The van der Waals surface area contributed by atoms with Gasteiger partial charge in [0, 0.05) is 6.54 Å². The summed E-state index contributed by atoms with van der Waals surface area (Å²) in [5.74, 6) is 1.94. The lowest BCUT2D eigenvalue weighted by molar-refractivity contribution is 0.325. The predicted octanol–water partition coefficient (Wildman–Crippen LogP) is 2.14. The smallest absolute Gasteiger partial charge is 0.205 e. The minimum Gasteiger partial charge on any atom is -0.493 e. The van der Waals surface area contributed by atoms with Gasteiger partial charge in [0.2, 0.25) is 5.75 Å². The molecule has 0 aliphatic carbocycles. The summed E-state index contributed by atoms with van der Waals surface area (Å²) in [7, 11) is 4.80. The summed E-state index contributed by atoms with van der Waals surface area (Å²) in [6.07, 6.45) is 0. The number of hydrogen-bond donors (Lipinski definition) is 1. The molecule has 0 amide bonds. The summed E-state index contributed by atoms with van der Waals surface area (Å²) < 4.78 is 15.7. The normalized spacial score (nSPS) is 9.60. The molecule has 0 radical (unpaired) electrons. The molecule has 1 N–H and O–H groups in total. The zero-order chi connectivity index (χ0) is 11.3. The number of anilines is 1. The molecule has 1 aromatic carbocycles. The Morgan fingerprint density at radius 1 is 1.00 bits per heavy atom. The van der Waals surface area contributed by atoms with E-state index in [0.29, 0.717) is 17.2 Å². The van der Waals surface area contributed by atoms with Crippen molar-refractivity contribution in [2.75, 3.05) is 33.2 Å². The quantitative estimate of drug-likeness (QED) is 0.810. The van der Waals surface area contributed by atoms with E-state index in [2.05, 4.69) is 5.32 Å². The summed E-state index contributed by atoms with van der Waals surface area (Å²) >= 11 is 0. The van der Waals surface area contributed by atoms with Gasteiger partial charge in [-0.2, -0.15) is 0 Å². The van der Waals surface area contributed by atoms with E-state index < -0.39 is 0 Å². The van der Waals surface area contributed by atoms with Crippen LogP contribution in [0.4, 0.5) is 5.69 Å². The SMILES string of the molecule is CCNc1ccc(OC)c(OC)c1OC. The average molecular weight is 211 g/mol. The minimum absolute atomic E-state index is 0.610. The molecule has 1 aromatic rings. The van der Waals surface area contributed by atoms with Crippen LogP contribution in [0.25, 0.3) is 0 Å². The van der Waals surface area contributed by atoms with Crippen molar-refractivity contribution in [3.05, 3.63) is 12.1 Å². The third kappa shape index (κ3) is 2.26. The lowest BCUT2D eigenvalue weighted by Crippen LogP contribution is -2.02. The summed E-state index contributed by atoms with van der Waals surface area (Å²) in [6, 6.07) is 3.75. The molecule has 15 heavy (non-hydrogen) atoms. The van der Waals surface area contributed by atoms with Crippen LogP contribution in [0.2, 0.25) is 0 Å². The van der Waals surface area contributed by atoms with Gasteiger partial charge in [-0.25, -0.2) is 0 Å². The average Bonchev–Trinajstić information content (AvgIpc) is 2.28. The molecule has 0 saturated carbocycles. The van der Waals surface area contributed by atoms with E-state index in [0.717, 1.165) is 12.2 Å². The first kappa shape index (κ1) is 11.5. The maximum Gasteiger partial charge on any atom is 0.205 e. The number of hydrogen-bond acceptors (Lipinski definition) is 4. The molecular weight excluding hydrogens is 194 g/mol. The Hall–Kier alpha value is -1.58. The highest BCUT2D eigenvalue weighted by Crippen LogP contribution is 2.42. The van der Waals surface area contributed by atoms with Crippen molar-refractivity contribution in [3.8, 4) is 17.2 Å². The van der Waals surface area contributed by atoms with Crippen LogP contribution in [-0.4, -0.2) is 27.9 Å². The van der Waals surface area contributed by atoms with Gasteiger partial charge in [0.05, 0.1) is 27.0 Å². The summed E-state index contributed by atoms with van der Waals surface area (Å²) in [6.45, 7) is 2.85. The Kier molecular flexibility index (Phi) is 4.09. The van der Waals surface area contributed by atoms with E-state index in [4.69, 9.17) is 14.2 Å². The predicted molar refractivity (Wildman–Crippen MR) is 60.3 cm³/mol. The van der Waals surface area contributed by atoms with Crippen molar-refractivity contribution >= 4 is 5.69 Å². The lowest BCUT2D eigenvalue weighted by atomic mass is 10.2. The molecule has 84 valence electrons. The van der Waals surface area contributed by atoms with Gasteiger partial charge >= 0.3 is 0 Å². The first-order valence-corrected chi connectivity index (χ1v) is 4.81. The maximum atomic E-state index is 5.29. The Labute approximate surface area is 90.1 Å². The summed E-state index contributed by atoms with van der Waals surface area (Å²) in [4.78, 5) is 0. The number of ether oxygens (including phenoxy) is 3. The Morgan fingerprint density at radius 3 is 2.13 bits per heavy atom. The van der Waals surface area contributed by atoms with Gasteiger partial charge in [-0.3, -0.25) is 0 Å². The Morgan fingerprint density at radius 2 is 1.67 bits per heavy atom. The van der Waals surface area contributed by atoms with Crippen LogP contribution in [0.5, 0.6) is 17.2 Å². The number of benzene rings is 1. The van der Waals surface area contributed by atoms with Gasteiger partial charge in [-0.15, -0.1) is 0 Å². The zero-order valence-electron chi connectivity index (χ0n) is 9.59. The Bertz CT molecular complexity index is 326. The molecular formula is C11H17NO3. The summed E-state index contributed by atoms with van der Waals surface area (Å²) in [5, 5.41) is 3.19. The molecule has 0 atom stereocenters. The van der Waals surface area contributed by atoms with E-state index in [-0.39, 0.29) is 0 Å². The molecule has 4 nitrogen and oxygen atoms in total. The number of nitrogens with one attached hydrogen (secondary N) is 1. The molecule has 0 aliphatic rings. The van der Waals surface area contributed by atoms with Crippen LogP contribution in [0.3, 0.4) is 0 Å². The molecule has 4 heteroatoms. The van der Waals surface area contributed by atoms with E-state index in [9.17, 15) is 0 Å². The van der Waals surface area contributed by atoms with Gasteiger partial charge in [0.1, 0.15) is 0 Å². The molecule has 0 aliphatic heterocycles. The molecule has 0 bridgehead atoms. The first-order chi connectivity index (χ1) is 7.28. The van der Waals surface area contributed by atoms with Crippen molar-refractivity contribution in [2.45, 2.75) is 6.92 Å². The first-order valence-electron chi connectivity index (χ1n) is 4.81. The van der Waals surface area contributed by atoms with Crippen LogP contribution in [0.15, 0.2) is 12.1 Å². The van der Waals surface area contributed by atoms with Crippen molar-refractivity contribution in [2.24, 2.45) is 0 Å². The second-order valence-electron chi connectivity index (χ2n) is 2.91. The van der Waals surface area contributed by atoms with Gasteiger partial charge in [0.15, 0.2) is 11.5 Å². The van der Waals surface area contributed by atoms with E-state index in [1.807, 2.05) is 19.1 Å². The highest BCUT2D eigenvalue weighted by molar-refractivity contribution is 5.68. The van der Waals surface area contributed by atoms with Gasteiger partial charge in [-0.1, -0.05) is 0 Å². The van der Waals surface area contributed by atoms with Gasteiger partial charge in [-0.05, 0) is 19.1 Å². The molecule has 1 rings (SSSR count). The van der Waals surface area contributed by atoms with Gasteiger partial charge < -0.3 is 19.5 Å². The monoisotopic (exact) mass is 211 g/mol. The van der Waals surface area contributed by atoms with Crippen LogP contribution in [0, 0.1) is 0 Å². The fourth-order valence-electron chi connectivity index (χ4n) is 1.43. The van der Waals surface area contributed by atoms with Crippen molar-refractivity contribution in [3.63, 3.8) is 0 Å². The number of methoxy groups -OCH3 is 3. The molecule has 0 unspecified atom stereocenters. The van der Waals surface area contributed by atoms with Crippen molar-refractivity contribution in [1.29, 1.82) is 0 Å². The van der Waals surface area contributed by atoms with E-state index >= 15 is 0 Å². The Balaban J connectivity index is 3.21. The second kappa shape index (κ2) is 5.34. The van der Waals surface area contributed by atoms with Crippen LogP contribution >= 0.6 is 0 Å². The van der Waals surface area contributed by atoms with E-state index in [1.165, 1.54) is 0 Å². The third-order valence-electron chi connectivity index (χ3n) is 2.07. The van der Waals surface area contributed by atoms with Gasteiger partial charge in [0.25, 0.3) is 0 Å². The van der Waals surface area contributed by atoms with E-state index in [1.54, 1.807) is 21.3 Å². The van der Waals surface area contributed by atoms with Crippen molar-refractivity contribution < 1.29 is 14.2 Å². The fourth-order valence-corrected chi connectivity index (χ4v) is 1.43. The number of rotatable bonds is 5. The molecule has 0 fully saturated rings. The molecule has 0 saturated heterocycles. The standard InChI is InChI=1S/C11H17NO3/c1-5-12-8-6-7-9(13-2)11(15-4)10(8)14-3/h6-7,12H,5H2,1-4H3. The second-order valence-corrected chi connectivity index (χ2v) is 2.91. The maximum absolute atomic E-state index is 5.29. The molecule has 0 heterocycles. The minimum atomic E-state index is 0.610. The highest BCUT2D eigenvalue weighted by Gasteiger charge is 2.14. The van der Waals surface area contributed by atoms with Crippen molar-refractivity contribution in [1.82, 2.24) is 0 Å². The largest absolute Gasteiger partial charge is 0.493 e. The lowest BCUT2D eigenvalue weighted by Gasteiger charge is -2.15. The zero-order valence-corrected chi connectivity index (χ0v) is 9.59. The topological polar surface area (TPSA) is 39.7 Å². The molecule has 0 spiro atoms. The van der Waals surface area contributed by atoms with Crippen LogP contribution in [0.1, 0.15) is 6.92 Å². The fraction of sp³-hybridized carbons (Fsp3) is 0.455. The highest BCUT2D eigenvalue weighted by atomic mass is 16.5. The summed E-state index contributed by atoms with van der Waals surface area (Å²) in [5.41, 5.74) is 0.901. The molecule has 0 aromatic heterocycles. The van der Waals surface area contributed by atoms with Crippen LogP contribution in [-0.2, 0) is 0 Å². The van der Waals surface area contributed by atoms with Crippen LogP contribution < -0.4 is 19.5 Å².